The third-order valence-corrected chi connectivity index (χ3v) is 3.71. The van der Waals surface area contributed by atoms with E-state index >= 15 is 0 Å². The molecule has 0 aliphatic heterocycles. The van der Waals surface area contributed by atoms with Crippen molar-refractivity contribution in [1.82, 2.24) is 10.6 Å². The molecule has 0 spiro atoms. The van der Waals surface area contributed by atoms with Gasteiger partial charge >= 0.3 is 0 Å². The van der Waals surface area contributed by atoms with Gasteiger partial charge in [0.15, 0.2) is 5.78 Å². The molecule has 5 nitrogen and oxygen atoms in total. The smallest absolute Gasteiger partial charge is 0.261 e. The van der Waals surface area contributed by atoms with Crippen molar-refractivity contribution in [2.75, 3.05) is 6.54 Å². The minimum atomic E-state index is -0.321. The maximum Gasteiger partial charge on any atom is 0.261 e. The highest BCUT2D eigenvalue weighted by atomic mass is 32.1. The SMILES string of the molecule is CC(=O)c1ccc(C(=O)NCC(=O)NC2CC2)s1. The number of amides is 2. The maximum atomic E-state index is 11.7. The Morgan fingerprint density at radius 2 is 1.94 bits per heavy atom. The van der Waals surface area contributed by atoms with Crippen LogP contribution in [0.5, 0.6) is 0 Å². The Hall–Kier alpha value is -1.69. The fourth-order valence-electron chi connectivity index (χ4n) is 1.40. The van der Waals surface area contributed by atoms with Crippen molar-refractivity contribution in [3.8, 4) is 0 Å². The van der Waals surface area contributed by atoms with E-state index in [2.05, 4.69) is 10.6 Å². The molecule has 0 saturated heterocycles. The van der Waals surface area contributed by atoms with Gasteiger partial charge in [-0.05, 0) is 31.9 Å². The van der Waals surface area contributed by atoms with E-state index in [4.69, 9.17) is 0 Å². The normalized spacial score (nSPS) is 14.1. The minimum absolute atomic E-state index is 0.0252. The lowest BCUT2D eigenvalue weighted by atomic mass is 10.3. The van der Waals surface area contributed by atoms with Gasteiger partial charge in [0.2, 0.25) is 5.91 Å². The molecule has 0 atom stereocenters. The average molecular weight is 266 g/mol. The van der Waals surface area contributed by atoms with Crippen LogP contribution in [0.3, 0.4) is 0 Å². The molecule has 0 bridgehead atoms. The monoisotopic (exact) mass is 266 g/mol. The molecule has 1 fully saturated rings. The first-order chi connectivity index (χ1) is 8.56. The highest BCUT2D eigenvalue weighted by Crippen LogP contribution is 2.18. The van der Waals surface area contributed by atoms with Gasteiger partial charge in [-0.2, -0.15) is 0 Å². The summed E-state index contributed by atoms with van der Waals surface area (Å²) in [5, 5.41) is 5.31. The molecular formula is C12H14N2O3S. The van der Waals surface area contributed by atoms with Crippen molar-refractivity contribution in [3.05, 3.63) is 21.9 Å². The molecular weight excluding hydrogens is 252 g/mol. The average Bonchev–Trinajstić information content (AvgIpc) is 2.98. The van der Waals surface area contributed by atoms with Crippen LogP contribution in [0.1, 0.15) is 39.1 Å². The summed E-state index contributed by atoms with van der Waals surface area (Å²) in [7, 11) is 0. The highest BCUT2D eigenvalue weighted by molar-refractivity contribution is 7.15. The van der Waals surface area contributed by atoms with Crippen LogP contribution in [0.2, 0.25) is 0 Å². The van der Waals surface area contributed by atoms with Crippen LogP contribution in [0, 0.1) is 0 Å². The predicted molar refractivity (Wildman–Crippen MR) is 67.8 cm³/mol. The standard InChI is InChI=1S/C12H14N2O3S/c1-7(15)9-4-5-10(18-9)12(17)13-6-11(16)14-8-2-3-8/h4-5,8H,2-3,6H2,1H3,(H,13,17)(H,14,16). The number of carbonyl (C=O) groups excluding carboxylic acids is 3. The molecule has 1 aromatic rings. The second-order valence-electron chi connectivity index (χ2n) is 4.24. The summed E-state index contributed by atoms with van der Waals surface area (Å²) in [6.45, 7) is 1.43. The number of carbonyl (C=O) groups is 3. The number of hydrogen-bond donors (Lipinski definition) is 2. The van der Waals surface area contributed by atoms with E-state index in [0.29, 0.717) is 15.8 Å². The number of Topliss-reactive ketones (excluding diaryl/α,β-unsaturated/α-hetero) is 1. The molecule has 2 N–H and O–H groups in total. The maximum absolute atomic E-state index is 11.7. The van der Waals surface area contributed by atoms with Gasteiger partial charge in [0.05, 0.1) is 16.3 Å². The highest BCUT2D eigenvalue weighted by Gasteiger charge is 2.23. The van der Waals surface area contributed by atoms with Crippen molar-refractivity contribution in [1.29, 1.82) is 0 Å². The first-order valence-electron chi connectivity index (χ1n) is 5.74. The quantitative estimate of drug-likeness (QED) is 0.779. The van der Waals surface area contributed by atoms with Crippen molar-refractivity contribution < 1.29 is 14.4 Å². The van der Waals surface area contributed by atoms with E-state index in [-0.39, 0.29) is 24.1 Å². The summed E-state index contributed by atoms with van der Waals surface area (Å²) in [6.07, 6.45) is 2.04. The molecule has 96 valence electrons. The second kappa shape index (κ2) is 5.30. The van der Waals surface area contributed by atoms with E-state index in [1.807, 2.05) is 0 Å². The zero-order valence-electron chi connectivity index (χ0n) is 9.99. The molecule has 1 aromatic heterocycles. The van der Waals surface area contributed by atoms with Crippen LogP contribution in [0.15, 0.2) is 12.1 Å². The first kappa shape index (κ1) is 12.8. The number of thiophene rings is 1. The van der Waals surface area contributed by atoms with Crippen molar-refractivity contribution >= 4 is 28.9 Å². The van der Waals surface area contributed by atoms with Gasteiger partial charge in [-0.1, -0.05) is 0 Å². The number of rotatable bonds is 5. The van der Waals surface area contributed by atoms with Gasteiger partial charge in [0.25, 0.3) is 5.91 Å². The molecule has 1 saturated carbocycles. The summed E-state index contributed by atoms with van der Waals surface area (Å²) >= 11 is 1.13. The third-order valence-electron chi connectivity index (χ3n) is 2.53. The lowest BCUT2D eigenvalue weighted by Crippen LogP contribution is -2.37. The van der Waals surface area contributed by atoms with Gasteiger partial charge in [-0.15, -0.1) is 11.3 Å². The molecule has 2 amide bonds. The Labute approximate surface area is 109 Å². The fraction of sp³-hybridized carbons (Fsp3) is 0.417. The molecule has 1 aliphatic carbocycles. The Morgan fingerprint density at radius 3 is 2.50 bits per heavy atom. The molecule has 0 unspecified atom stereocenters. The van der Waals surface area contributed by atoms with Crippen molar-refractivity contribution in [2.45, 2.75) is 25.8 Å². The summed E-state index contributed by atoms with van der Waals surface area (Å²) < 4.78 is 0. The lowest BCUT2D eigenvalue weighted by Gasteiger charge is -2.04. The third kappa shape index (κ3) is 3.40. The molecule has 0 aromatic carbocycles. The molecule has 6 heteroatoms. The van der Waals surface area contributed by atoms with Crippen LogP contribution in [-0.4, -0.2) is 30.2 Å². The molecule has 1 heterocycles. The van der Waals surface area contributed by atoms with Crippen molar-refractivity contribution in [3.63, 3.8) is 0 Å². The van der Waals surface area contributed by atoms with Gasteiger partial charge in [0.1, 0.15) is 0 Å². The predicted octanol–water partition coefficient (Wildman–Crippen LogP) is 0.959. The van der Waals surface area contributed by atoms with Crippen LogP contribution >= 0.6 is 11.3 Å². The number of ketones is 1. The number of nitrogens with one attached hydrogen (secondary N) is 2. The van der Waals surface area contributed by atoms with E-state index in [1.54, 1.807) is 12.1 Å². The minimum Gasteiger partial charge on any atom is -0.352 e. The second-order valence-corrected chi connectivity index (χ2v) is 5.33. The lowest BCUT2D eigenvalue weighted by molar-refractivity contribution is -0.120. The van der Waals surface area contributed by atoms with Crippen LogP contribution in [-0.2, 0) is 4.79 Å². The summed E-state index contributed by atoms with van der Waals surface area (Å²) in [5.74, 6) is -0.557. The van der Waals surface area contributed by atoms with E-state index < -0.39 is 0 Å². The zero-order valence-corrected chi connectivity index (χ0v) is 10.8. The Morgan fingerprint density at radius 1 is 1.28 bits per heavy atom. The first-order valence-corrected chi connectivity index (χ1v) is 6.56. The Bertz CT molecular complexity index is 491. The summed E-state index contributed by atoms with van der Waals surface area (Å²) in [6, 6.07) is 3.50. The fourth-order valence-corrected chi connectivity index (χ4v) is 2.22. The summed E-state index contributed by atoms with van der Waals surface area (Å²) in [4.78, 5) is 35.1. The molecule has 2 rings (SSSR count). The Kier molecular flexibility index (Phi) is 3.76. The zero-order chi connectivity index (χ0) is 13.1. The topological polar surface area (TPSA) is 75.3 Å². The van der Waals surface area contributed by atoms with E-state index in [0.717, 1.165) is 24.2 Å². The van der Waals surface area contributed by atoms with Crippen molar-refractivity contribution in [2.24, 2.45) is 0 Å². The van der Waals surface area contributed by atoms with Gasteiger partial charge < -0.3 is 10.6 Å². The van der Waals surface area contributed by atoms with Crippen LogP contribution < -0.4 is 10.6 Å². The molecule has 18 heavy (non-hydrogen) atoms. The summed E-state index contributed by atoms with van der Waals surface area (Å²) in [5.41, 5.74) is 0. The van der Waals surface area contributed by atoms with E-state index in [1.165, 1.54) is 6.92 Å². The van der Waals surface area contributed by atoms with E-state index in [9.17, 15) is 14.4 Å². The van der Waals surface area contributed by atoms with Gasteiger partial charge in [0, 0.05) is 6.04 Å². The van der Waals surface area contributed by atoms with Crippen LogP contribution in [0.25, 0.3) is 0 Å². The van der Waals surface area contributed by atoms with Crippen LogP contribution in [0.4, 0.5) is 0 Å². The largest absolute Gasteiger partial charge is 0.352 e. The van der Waals surface area contributed by atoms with Gasteiger partial charge in [-0.3, -0.25) is 14.4 Å². The Balaban J connectivity index is 1.82. The van der Waals surface area contributed by atoms with Gasteiger partial charge in [-0.25, -0.2) is 0 Å². The molecule has 0 radical (unpaired) electrons. The molecule has 1 aliphatic rings. The number of hydrogen-bond acceptors (Lipinski definition) is 4.